The van der Waals surface area contributed by atoms with Gasteiger partial charge in [-0.15, -0.1) is 0 Å². The summed E-state index contributed by atoms with van der Waals surface area (Å²) in [7, 11) is 0. The first kappa shape index (κ1) is 14.6. The largest absolute Gasteiger partial charge is 0.550 e. The van der Waals surface area contributed by atoms with Crippen molar-refractivity contribution in [2.75, 3.05) is 32.8 Å². The average molecular weight is 258 g/mol. The maximum atomic E-state index is 11.4. The first-order chi connectivity index (χ1) is 8.53. The lowest BCUT2D eigenvalue weighted by Crippen LogP contribution is -2.56. The van der Waals surface area contributed by atoms with Gasteiger partial charge in [0.15, 0.2) is 0 Å². The van der Waals surface area contributed by atoms with E-state index in [1.165, 1.54) is 0 Å². The third-order valence-electron chi connectivity index (χ3n) is 3.01. The second-order valence-electron chi connectivity index (χ2n) is 4.06. The summed E-state index contributed by atoms with van der Waals surface area (Å²) in [6.07, 6.45) is -0.948. The summed E-state index contributed by atoms with van der Waals surface area (Å²) in [5.41, 5.74) is 0. The number of quaternary nitrogens is 1. The number of aliphatic imine (C=N–C) groups is 1. The summed E-state index contributed by atoms with van der Waals surface area (Å²) < 4.78 is 4.78. The maximum Gasteiger partial charge on any atom is 0.519 e. The lowest BCUT2D eigenvalue weighted by Gasteiger charge is -2.28. The standard InChI is InChI=1S/C11H18N2O5/c1-2-18-8-4-9-12-5-7-13(9,11(16)17)6-3-10(14)15/h2-8H2,1H3,(H-,14,15,16,17). The van der Waals surface area contributed by atoms with Crippen LogP contribution < -0.4 is 5.11 Å². The van der Waals surface area contributed by atoms with Crippen LogP contribution in [0.4, 0.5) is 4.79 Å². The van der Waals surface area contributed by atoms with Crippen LogP contribution in [0.3, 0.4) is 0 Å². The molecular weight excluding hydrogens is 240 g/mol. The smallest absolute Gasteiger partial charge is 0.519 e. The van der Waals surface area contributed by atoms with Crippen molar-refractivity contribution < 1.29 is 29.0 Å². The van der Waals surface area contributed by atoms with Gasteiger partial charge in [-0.2, -0.15) is 9.28 Å². The van der Waals surface area contributed by atoms with Crippen LogP contribution in [0.2, 0.25) is 0 Å². The molecule has 0 bridgehead atoms. The third kappa shape index (κ3) is 3.27. The summed E-state index contributed by atoms with van der Waals surface area (Å²) in [4.78, 5) is 26.1. The fourth-order valence-corrected chi connectivity index (χ4v) is 2.04. The Kier molecular flexibility index (Phi) is 5.24. The maximum absolute atomic E-state index is 11.4. The molecule has 102 valence electrons. The van der Waals surface area contributed by atoms with E-state index in [9.17, 15) is 19.8 Å². The van der Waals surface area contributed by atoms with Gasteiger partial charge < -0.3 is 19.7 Å². The number of rotatable bonds is 7. The fourth-order valence-electron chi connectivity index (χ4n) is 2.04. The van der Waals surface area contributed by atoms with Gasteiger partial charge in [0.2, 0.25) is 5.84 Å². The normalized spacial score (nSPS) is 22.8. The van der Waals surface area contributed by atoms with Crippen LogP contribution in [0.5, 0.6) is 0 Å². The molecule has 1 N–H and O–H groups in total. The molecule has 1 heterocycles. The third-order valence-corrected chi connectivity index (χ3v) is 3.01. The van der Waals surface area contributed by atoms with Gasteiger partial charge in [0, 0.05) is 19.0 Å². The summed E-state index contributed by atoms with van der Waals surface area (Å²) in [5, 5.41) is 19.9. The highest BCUT2D eigenvalue weighted by Gasteiger charge is 2.45. The molecule has 0 aromatic carbocycles. The minimum Gasteiger partial charge on any atom is -0.550 e. The van der Waals surface area contributed by atoms with E-state index in [1.807, 2.05) is 6.92 Å². The van der Waals surface area contributed by atoms with Crippen molar-refractivity contribution in [1.29, 1.82) is 0 Å². The lowest BCUT2D eigenvalue weighted by atomic mass is 10.2. The number of amides is 1. The minimum atomic E-state index is -1.25. The van der Waals surface area contributed by atoms with Crippen LogP contribution in [-0.2, 0) is 9.53 Å². The molecule has 0 radical (unpaired) electrons. The summed E-state index contributed by atoms with van der Waals surface area (Å²) in [6.45, 7) is 3.48. The van der Waals surface area contributed by atoms with E-state index < -0.39 is 16.5 Å². The molecule has 0 aromatic rings. The molecule has 0 spiro atoms. The molecule has 1 aliphatic heterocycles. The van der Waals surface area contributed by atoms with Gasteiger partial charge >= 0.3 is 6.09 Å². The quantitative estimate of drug-likeness (QED) is 0.488. The van der Waals surface area contributed by atoms with Gasteiger partial charge in [-0.3, -0.25) is 0 Å². The Balaban J connectivity index is 2.73. The van der Waals surface area contributed by atoms with Crippen molar-refractivity contribution >= 4 is 17.9 Å². The van der Waals surface area contributed by atoms with E-state index in [0.29, 0.717) is 38.6 Å². The molecule has 0 saturated heterocycles. The van der Waals surface area contributed by atoms with Crippen molar-refractivity contribution in [2.45, 2.75) is 19.8 Å². The van der Waals surface area contributed by atoms with Crippen molar-refractivity contribution in [2.24, 2.45) is 4.99 Å². The Labute approximate surface area is 105 Å². The second kappa shape index (κ2) is 6.46. The van der Waals surface area contributed by atoms with E-state index in [4.69, 9.17) is 4.74 Å². The first-order valence-electron chi connectivity index (χ1n) is 5.95. The number of carbonyl (C=O) groups excluding carboxylic acids is 1. The molecule has 1 unspecified atom stereocenters. The molecule has 0 saturated carbocycles. The molecule has 18 heavy (non-hydrogen) atoms. The Hall–Kier alpha value is -1.47. The number of hydrogen-bond donors (Lipinski definition) is 1. The van der Waals surface area contributed by atoms with Crippen LogP contribution in [0.25, 0.3) is 0 Å². The summed E-state index contributed by atoms with van der Waals surface area (Å²) >= 11 is 0. The highest BCUT2D eigenvalue weighted by Crippen LogP contribution is 2.19. The van der Waals surface area contributed by atoms with Gasteiger partial charge in [0.1, 0.15) is 13.1 Å². The van der Waals surface area contributed by atoms with Crippen molar-refractivity contribution in [3.63, 3.8) is 0 Å². The average Bonchev–Trinajstić information content (AvgIpc) is 2.71. The van der Waals surface area contributed by atoms with Crippen LogP contribution in [0.1, 0.15) is 19.8 Å². The Morgan fingerprint density at radius 3 is 2.83 bits per heavy atom. The van der Waals surface area contributed by atoms with Gasteiger partial charge in [-0.25, -0.2) is 4.99 Å². The highest BCUT2D eigenvalue weighted by atomic mass is 16.5. The van der Waals surface area contributed by atoms with Crippen molar-refractivity contribution in [3.8, 4) is 0 Å². The van der Waals surface area contributed by atoms with Gasteiger partial charge in [-0.1, -0.05) is 0 Å². The van der Waals surface area contributed by atoms with Gasteiger partial charge in [0.25, 0.3) is 0 Å². The predicted molar refractivity (Wildman–Crippen MR) is 61.1 cm³/mol. The number of carboxylic acids is 1. The van der Waals surface area contributed by atoms with Crippen LogP contribution >= 0.6 is 0 Å². The number of carbonyl (C=O) groups is 2. The number of hydrogen-bond acceptors (Lipinski definition) is 5. The molecule has 0 aromatic heterocycles. The molecule has 1 aliphatic rings. The Morgan fingerprint density at radius 2 is 2.28 bits per heavy atom. The molecule has 0 fully saturated rings. The number of ether oxygens (including phenoxy) is 1. The van der Waals surface area contributed by atoms with Gasteiger partial charge in [-0.05, 0) is 6.92 Å². The molecule has 7 nitrogen and oxygen atoms in total. The van der Waals surface area contributed by atoms with Crippen molar-refractivity contribution in [1.82, 2.24) is 0 Å². The van der Waals surface area contributed by atoms with Crippen LogP contribution in [0.15, 0.2) is 4.99 Å². The molecule has 1 rings (SSSR count). The van der Waals surface area contributed by atoms with E-state index in [1.54, 1.807) is 0 Å². The van der Waals surface area contributed by atoms with Crippen LogP contribution in [-0.4, -0.2) is 60.3 Å². The van der Waals surface area contributed by atoms with Crippen LogP contribution in [0, 0.1) is 0 Å². The molecular formula is C11H18N2O5. The van der Waals surface area contributed by atoms with Crippen molar-refractivity contribution in [3.05, 3.63) is 0 Å². The molecule has 0 aliphatic carbocycles. The Bertz CT molecular complexity index is 355. The number of carboxylic acid groups (broad SMARTS) is 2. The SMILES string of the molecule is CCOCCC1=NCC[N+]1(CCC(=O)[O-])C(=O)O. The van der Waals surface area contributed by atoms with E-state index in [-0.39, 0.29) is 13.0 Å². The minimum absolute atomic E-state index is 0.0252. The lowest BCUT2D eigenvalue weighted by molar-refractivity contribution is -0.760. The van der Waals surface area contributed by atoms with E-state index in [2.05, 4.69) is 4.99 Å². The van der Waals surface area contributed by atoms with Gasteiger partial charge in [0.05, 0.1) is 19.6 Å². The zero-order chi connectivity index (χ0) is 13.6. The zero-order valence-electron chi connectivity index (χ0n) is 10.4. The highest BCUT2D eigenvalue weighted by molar-refractivity contribution is 5.86. The monoisotopic (exact) mass is 258 g/mol. The fraction of sp³-hybridized carbons (Fsp3) is 0.727. The summed E-state index contributed by atoms with van der Waals surface area (Å²) in [6, 6.07) is 0. The first-order valence-corrected chi connectivity index (χ1v) is 5.95. The zero-order valence-corrected chi connectivity index (χ0v) is 10.4. The molecule has 1 amide bonds. The topological polar surface area (TPSA) is 99.0 Å². The van der Waals surface area contributed by atoms with E-state index >= 15 is 0 Å². The Morgan fingerprint density at radius 1 is 1.56 bits per heavy atom. The number of amidine groups is 1. The molecule has 7 heteroatoms. The number of aliphatic carboxylic acids is 1. The number of nitrogens with zero attached hydrogens (tertiary/aromatic N) is 2. The second-order valence-corrected chi connectivity index (χ2v) is 4.06. The predicted octanol–water partition coefficient (Wildman–Crippen LogP) is -0.540. The molecule has 1 atom stereocenters. The van der Waals surface area contributed by atoms with E-state index in [0.717, 1.165) is 0 Å². The summed E-state index contributed by atoms with van der Waals surface area (Å²) in [5.74, 6) is -0.762.